The number of aliphatic hydroxyl groups excluding tert-OH is 1. The second kappa shape index (κ2) is 6.89. The van der Waals surface area contributed by atoms with Gasteiger partial charge in [0.25, 0.3) is 5.91 Å². The third-order valence-corrected chi connectivity index (χ3v) is 3.81. The van der Waals surface area contributed by atoms with Gasteiger partial charge in [0, 0.05) is 17.7 Å². The fourth-order valence-electron chi connectivity index (χ4n) is 2.57. The summed E-state index contributed by atoms with van der Waals surface area (Å²) in [5.41, 5.74) is 0.213. The second-order valence-electron chi connectivity index (χ2n) is 5.61. The first-order valence-corrected chi connectivity index (χ1v) is 7.42. The number of nitrogens with one attached hydrogen (secondary N) is 1. The molecule has 1 aromatic carbocycles. The molecule has 5 heteroatoms. The molecule has 1 aliphatic rings. The van der Waals surface area contributed by atoms with Gasteiger partial charge < -0.3 is 15.2 Å². The number of rotatable bonds is 5. The van der Waals surface area contributed by atoms with Crippen molar-refractivity contribution in [3.63, 3.8) is 0 Å². The van der Waals surface area contributed by atoms with Crippen molar-refractivity contribution in [2.45, 2.75) is 57.8 Å². The molecule has 1 saturated carbocycles. The van der Waals surface area contributed by atoms with E-state index in [1.165, 1.54) is 19.1 Å². The Balaban J connectivity index is 1.93. The Morgan fingerprint density at radius 3 is 2.62 bits per heavy atom. The molecule has 1 aromatic rings. The Morgan fingerprint density at radius 2 is 2.05 bits per heavy atom. The second-order valence-corrected chi connectivity index (χ2v) is 5.61. The van der Waals surface area contributed by atoms with E-state index in [1.807, 2.05) is 0 Å². The van der Waals surface area contributed by atoms with E-state index in [4.69, 9.17) is 4.74 Å². The molecule has 0 heterocycles. The molecular weight excluding hydrogens is 273 g/mol. The molecule has 2 atom stereocenters. The Hall–Kier alpha value is -1.62. The predicted molar refractivity (Wildman–Crippen MR) is 77.5 cm³/mol. The summed E-state index contributed by atoms with van der Waals surface area (Å²) in [6, 6.07) is 4.46. The number of halogens is 1. The number of carbonyl (C=O) groups is 1. The molecule has 0 aromatic heterocycles. The highest BCUT2D eigenvalue weighted by molar-refractivity contribution is 5.81. The van der Waals surface area contributed by atoms with Crippen molar-refractivity contribution in [3.8, 4) is 5.75 Å². The summed E-state index contributed by atoms with van der Waals surface area (Å²) >= 11 is 0. The van der Waals surface area contributed by atoms with Crippen molar-refractivity contribution in [2.24, 2.45) is 0 Å². The quantitative estimate of drug-likeness (QED) is 0.878. The summed E-state index contributed by atoms with van der Waals surface area (Å²) < 4.78 is 19.2. The highest BCUT2D eigenvalue weighted by Gasteiger charge is 2.22. The van der Waals surface area contributed by atoms with Crippen molar-refractivity contribution in [1.82, 2.24) is 5.32 Å². The summed E-state index contributed by atoms with van der Waals surface area (Å²) in [4.78, 5) is 12.0. The zero-order chi connectivity index (χ0) is 15.4. The molecule has 4 nitrogen and oxygen atoms in total. The number of hydrogen-bond donors (Lipinski definition) is 2. The lowest BCUT2D eigenvalue weighted by molar-refractivity contribution is -0.127. The third kappa shape index (κ3) is 4.17. The highest BCUT2D eigenvalue weighted by atomic mass is 19.1. The zero-order valence-electron chi connectivity index (χ0n) is 12.4. The number of hydrogen-bond acceptors (Lipinski definition) is 3. The van der Waals surface area contributed by atoms with Crippen LogP contribution in [0.1, 0.15) is 51.2 Å². The largest absolute Gasteiger partial charge is 0.481 e. The van der Waals surface area contributed by atoms with Crippen molar-refractivity contribution in [1.29, 1.82) is 0 Å². The summed E-state index contributed by atoms with van der Waals surface area (Å²) in [5.74, 6) is -0.432. The van der Waals surface area contributed by atoms with E-state index >= 15 is 0 Å². The van der Waals surface area contributed by atoms with Crippen molar-refractivity contribution >= 4 is 5.91 Å². The van der Waals surface area contributed by atoms with Crippen LogP contribution < -0.4 is 10.1 Å². The number of ether oxygens (including phenoxy) is 1. The van der Waals surface area contributed by atoms with Crippen LogP contribution in [0.4, 0.5) is 4.39 Å². The first-order chi connectivity index (χ1) is 9.97. The Morgan fingerprint density at radius 1 is 1.38 bits per heavy atom. The van der Waals surface area contributed by atoms with E-state index in [9.17, 15) is 14.3 Å². The minimum Gasteiger partial charge on any atom is -0.481 e. The molecule has 1 unspecified atom stereocenters. The van der Waals surface area contributed by atoms with Crippen molar-refractivity contribution in [2.75, 3.05) is 0 Å². The van der Waals surface area contributed by atoms with E-state index in [2.05, 4.69) is 5.32 Å². The Kier molecular flexibility index (Phi) is 5.17. The predicted octanol–water partition coefficient (Wildman–Crippen LogP) is 2.71. The lowest BCUT2D eigenvalue weighted by Crippen LogP contribution is -2.41. The van der Waals surface area contributed by atoms with Gasteiger partial charge in [0.15, 0.2) is 6.10 Å². The minimum absolute atomic E-state index is 0.179. The van der Waals surface area contributed by atoms with Gasteiger partial charge in [0.05, 0.1) is 6.10 Å². The van der Waals surface area contributed by atoms with Gasteiger partial charge in [-0.2, -0.15) is 0 Å². The molecule has 1 fully saturated rings. The summed E-state index contributed by atoms with van der Waals surface area (Å²) in [6.45, 7) is 3.14. The molecule has 0 aliphatic heterocycles. The lowest BCUT2D eigenvalue weighted by atomic mass is 10.1. The van der Waals surface area contributed by atoms with E-state index in [-0.39, 0.29) is 23.3 Å². The van der Waals surface area contributed by atoms with Crippen molar-refractivity contribution < 1.29 is 19.0 Å². The maximum atomic E-state index is 13.7. The van der Waals surface area contributed by atoms with Crippen molar-refractivity contribution in [3.05, 3.63) is 29.6 Å². The molecule has 2 N–H and O–H groups in total. The van der Waals surface area contributed by atoms with Crippen LogP contribution in [0.15, 0.2) is 18.2 Å². The van der Waals surface area contributed by atoms with Crippen LogP contribution in [0, 0.1) is 5.82 Å². The molecular formula is C16H22FNO3. The van der Waals surface area contributed by atoms with Gasteiger partial charge in [-0.25, -0.2) is 4.39 Å². The number of benzene rings is 1. The number of aliphatic hydroxyl groups is 1. The number of amides is 1. The van der Waals surface area contributed by atoms with Crippen LogP contribution in [0.5, 0.6) is 5.75 Å². The summed E-state index contributed by atoms with van der Waals surface area (Å²) in [6.07, 6.45) is 2.76. The smallest absolute Gasteiger partial charge is 0.260 e. The molecule has 2 rings (SSSR count). The standard InChI is InChI=1S/C16H22FNO3/c1-10(19)14-8-7-13(9-15(14)17)21-11(2)16(20)18-12-5-3-4-6-12/h7-12,19H,3-6H2,1-2H3,(H,18,20)/t10-,11?/m0/s1. The molecule has 21 heavy (non-hydrogen) atoms. The molecule has 0 bridgehead atoms. The summed E-state index contributed by atoms with van der Waals surface area (Å²) in [5, 5.41) is 12.3. The highest BCUT2D eigenvalue weighted by Crippen LogP contribution is 2.23. The first kappa shape index (κ1) is 15.8. The van der Waals surface area contributed by atoms with E-state index in [1.54, 1.807) is 13.0 Å². The first-order valence-electron chi connectivity index (χ1n) is 7.42. The molecule has 0 spiro atoms. The lowest BCUT2D eigenvalue weighted by Gasteiger charge is -2.18. The topological polar surface area (TPSA) is 58.6 Å². The Bertz CT molecular complexity index is 498. The molecule has 1 aliphatic carbocycles. The van der Waals surface area contributed by atoms with Gasteiger partial charge in [0.2, 0.25) is 0 Å². The zero-order valence-corrected chi connectivity index (χ0v) is 12.4. The third-order valence-electron chi connectivity index (χ3n) is 3.81. The summed E-state index contributed by atoms with van der Waals surface area (Å²) in [7, 11) is 0. The fraction of sp³-hybridized carbons (Fsp3) is 0.562. The number of carbonyl (C=O) groups excluding carboxylic acids is 1. The van der Waals surface area contributed by atoms with Gasteiger partial charge in [-0.05, 0) is 38.8 Å². The molecule has 0 radical (unpaired) electrons. The van der Waals surface area contributed by atoms with E-state index < -0.39 is 18.0 Å². The molecule has 1 amide bonds. The average Bonchev–Trinajstić information content (AvgIpc) is 2.91. The monoisotopic (exact) mass is 295 g/mol. The van der Waals surface area contributed by atoms with Crippen LogP contribution in [-0.4, -0.2) is 23.2 Å². The SMILES string of the molecule is CC(Oc1ccc([C@H](C)O)c(F)c1)C(=O)NC1CCCC1. The van der Waals surface area contributed by atoms with Crippen LogP contribution in [0.2, 0.25) is 0 Å². The minimum atomic E-state index is -0.873. The van der Waals surface area contributed by atoms with E-state index in [0.717, 1.165) is 25.7 Å². The molecule has 116 valence electrons. The van der Waals surface area contributed by atoms with Crippen LogP contribution in [-0.2, 0) is 4.79 Å². The Labute approximate surface area is 124 Å². The molecule has 0 saturated heterocycles. The van der Waals surface area contributed by atoms with Crippen LogP contribution in [0.25, 0.3) is 0 Å². The van der Waals surface area contributed by atoms with E-state index in [0.29, 0.717) is 0 Å². The normalized spacial score (nSPS) is 18.3. The van der Waals surface area contributed by atoms with Gasteiger partial charge in [0.1, 0.15) is 11.6 Å². The van der Waals surface area contributed by atoms with Crippen LogP contribution in [0.3, 0.4) is 0 Å². The van der Waals surface area contributed by atoms with Gasteiger partial charge in [-0.1, -0.05) is 12.8 Å². The van der Waals surface area contributed by atoms with Gasteiger partial charge in [-0.3, -0.25) is 4.79 Å². The van der Waals surface area contributed by atoms with Crippen LogP contribution >= 0.6 is 0 Å². The maximum Gasteiger partial charge on any atom is 0.260 e. The van der Waals surface area contributed by atoms with Gasteiger partial charge >= 0.3 is 0 Å². The fourth-order valence-corrected chi connectivity index (χ4v) is 2.57. The maximum absolute atomic E-state index is 13.7. The average molecular weight is 295 g/mol. The van der Waals surface area contributed by atoms with Gasteiger partial charge in [-0.15, -0.1) is 0 Å².